The van der Waals surface area contributed by atoms with Gasteiger partial charge in [-0.25, -0.2) is 0 Å². The number of benzene rings is 1. The predicted octanol–water partition coefficient (Wildman–Crippen LogP) is 4.15. The molecule has 100 valence electrons. The summed E-state index contributed by atoms with van der Waals surface area (Å²) in [5, 5.41) is 10.5. The van der Waals surface area contributed by atoms with Gasteiger partial charge in [-0.05, 0) is 25.5 Å². The smallest absolute Gasteiger partial charge is 0.269 e. The van der Waals surface area contributed by atoms with Crippen LogP contribution in [-0.4, -0.2) is 23.4 Å². The van der Waals surface area contributed by atoms with Gasteiger partial charge >= 0.3 is 0 Å². The Labute approximate surface area is 115 Å². The number of non-ortho nitro benzene ring substituents is 1. The quantitative estimate of drug-likeness (QED) is 0.311. The second-order valence-electron chi connectivity index (χ2n) is 3.75. The lowest BCUT2D eigenvalue weighted by molar-refractivity contribution is -0.384. The molecule has 1 aromatic rings. The van der Waals surface area contributed by atoms with Gasteiger partial charge in [0.25, 0.3) is 5.69 Å². The first-order valence-corrected chi connectivity index (χ1v) is 8.11. The highest BCUT2D eigenvalue weighted by Gasteiger charge is 2.04. The van der Waals surface area contributed by atoms with E-state index < -0.39 is 0 Å². The molecule has 18 heavy (non-hydrogen) atoms. The van der Waals surface area contributed by atoms with Gasteiger partial charge in [0, 0.05) is 22.8 Å². The molecule has 0 heterocycles. The lowest BCUT2D eigenvalue weighted by Crippen LogP contribution is -2.08. The summed E-state index contributed by atoms with van der Waals surface area (Å²) in [6, 6.07) is 6.59. The van der Waals surface area contributed by atoms with E-state index in [-0.39, 0.29) is 10.6 Å². The number of ether oxygens (including phenoxy) is 1. The Morgan fingerprint density at radius 2 is 2.06 bits per heavy atom. The summed E-state index contributed by atoms with van der Waals surface area (Å²) in [5.41, 5.74) is 0.129. The number of hydrogen-bond acceptors (Lipinski definition) is 5. The summed E-state index contributed by atoms with van der Waals surface area (Å²) >= 11 is 0. The summed E-state index contributed by atoms with van der Waals surface area (Å²) in [5.74, 6) is 0.909. The highest BCUT2D eigenvalue weighted by Crippen LogP contribution is 2.31. The highest BCUT2D eigenvalue weighted by atomic mass is 33.1. The Morgan fingerprint density at radius 1 is 1.39 bits per heavy atom. The van der Waals surface area contributed by atoms with E-state index in [2.05, 4.69) is 13.8 Å². The Balaban J connectivity index is 2.21. The number of hydrogen-bond donors (Lipinski definition) is 0. The van der Waals surface area contributed by atoms with Gasteiger partial charge < -0.3 is 4.74 Å². The van der Waals surface area contributed by atoms with Crippen molar-refractivity contribution in [3.8, 4) is 0 Å². The molecular formula is C12H17NO3S2. The Bertz CT molecular complexity index is 370. The molecule has 1 aromatic carbocycles. The van der Waals surface area contributed by atoms with Crippen LogP contribution in [0.25, 0.3) is 0 Å². The van der Waals surface area contributed by atoms with Crippen molar-refractivity contribution >= 4 is 27.3 Å². The normalized spacial score (nSPS) is 12.3. The van der Waals surface area contributed by atoms with E-state index in [0.29, 0.717) is 6.10 Å². The second-order valence-corrected chi connectivity index (χ2v) is 6.24. The fourth-order valence-corrected chi connectivity index (χ4v) is 2.96. The van der Waals surface area contributed by atoms with Crippen molar-refractivity contribution in [1.29, 1.82) is 0 Å². The molecule has 0 bridgehead atoms. The first-order chi connectivity index (χ1) is 8.63. The molecule has 0 aliphatic carbocycles. The molecule has 6 heteroatoms. The predicted molar refractivity (Wildman–Crippen MR) is 77.1 cm³/mol. The molecule has 1 rings (SSSR count). The van der Waals surface area contributed by atoms with Gasteiger partial charge in [-0.1, -0.05) is 28.5 Å². The molecule has 1 unspecified atom stereocenters. The fraction of sp³-hybridized carbons (Fsp3) is 0.500. The Morgan fingerprint density at radius 3 is 2.61 bits per heavy atom. The molecule has 1 atom stereocenters. The number of nitrogens with zero attached hydrogens (tertiary/aromatic N) is 1. The molecule has 4 nitrogen and oxygen atoms in total. The zero-order chi connectivity index (χ0) is 13.4. The summed E-state index contributed by atoms with van der Waals surface area (Å²) in [4.78, 5) is 11.1. The summed E-state index contributed by atoms with van der Waals surface area (Å²) in [7, 11) is 3.31. The van der Waals surface area contributed by atoms with Crippen LogP contribution >= 0.6 is 21.6 Å². The monoisotopic (exact) mass is 287 g/mol. The molecule has 0 spiro atoms. The van der Waals surface area contributed by atoms with Crippen LogP contribution in [0, 0.1) is 10.1 Å². The lowest BCUT2D eigenvalue weighted by Gasteiger charge is -2.09. The minimum Gasteiger partial charge on any atom is -0.378 e. The third kappa shape index (κ3) is 5.75. The average molecular weight is 287 g/mol. The maximum absolute atomic E-state index is 10.5. The summed E-state index contributed by atoms with van der Waals surface area (Å²) in [6.07, 6.45) is 1.34. The topological polar surface area (TPSA) is 52.4 Å². The zero-order valence-corrected chi connectivity index (χ0v) is 12.1. The second kappa shape index (κ2) is 8.39. The van der Waals surface area contributed by atoms with Crippen molar-refractivity contribution in [1.82, 2.24) is 0 Å². The van der Waals surface area contributed by atoms with Crippen LogP contribution in [0.1, 0.15) is 20.3 Å². The molecule has 0 fully saturated rings. The van der Waals surface area contributed by atoms with Crippen molar-refractivity contribution in [3.63, 3.8) is 0 Å². The molecule has 0 aliphatic rings. The minimum atomic E-state index is -0.387. The van der Waals surface area contributed by atoms with Gasteiger partial charge in [0.15, 0.2) is 0 Å². The van der Waals surface area contributed by atoms with Crippen molar-refractivity contribution in [3.05, 3.63) is 34.4 Å². The summed E-state index contributed by atoms with van der Waals surface area (Å²) < 4.78 is 5.56. The SMILES string of the molecule is CCC(C)OCCSSc1ccc([N+](=O)[O-])cc1. The average Bonchev–Trinajstić information content (AvgIpc) is 2.38. The molecule has 0 radical (unpaired) electrons. The number of rotatable bonds is 8. The lowest BCUT2D eigenvalue weighted by atomic mass is 10.3. The van der Waals surface area contributed by atoms with Crippen molar-refractivity contribution in [2.75, 3.05) is 12.4 Å². The third-order valence-corrected chi connectivity index (χ3v) is 4.69. The molecule has 0 saturated heterocycles. The minimum absolute atomic E-state index is 0.129. The number of nitro groups is 1. The highest BCUT2D eigenvalue weighted by molar-refractivity contribution is 8.76. The molecule has 0 amide bonds. The van der Waals surface area contributed by atoms with Crippen LogP contribution in [0.5, 0.6) is 0 Å². The first-order valence-electron chi connectivity index (χ1n) is 5.79. The molecule has 0 saturated carbocycles. The zero-order valence-electron chi connectivity index (χ0n) is 10.5. The van der Waals surface area contributed by atoms with E-state index in [1.54, 1.807) is 33.7 Å². The van der Waals surface area contributed by atoms with Gasteiger partial charge in [0.1, 0.15) is 0 Å². The van der Waals surface area contributed by atoms with Crippen LogP contribution in [-0.2, 0) is 4.74 Å². The van der Waals surface area contributed by atoms with Gasteiger partial charge in [0.2, 0.25) is 0 Å². The van der Waals surface area contributed by atoms with Gasteiger partial charge in [-0.3, -0.25) is 10.1 Å². The van der Waals surface area contributed by atoms with E-state index in [9.17, 15) is 10.1 Å². The Kier molecular flexibility index (Phi) is 7.15. The first kappa shape index (κ1) is 15.3. The standard InChI is InChI=1S/C12H17NO3S2/c1-3-10(2)16-8-9-17-18-12-6-4-11(5-7-12)13(14)15/h4-7,10H,3,8-9H2,1-2H3. The van der Waals surface area contributed by atoms with Crippen molar-refractivity contribution < 1.29 is 9.66 Å². The maximum Gasteiger partial charge on any atom is 0.269 e. The van der Waals surface area contributed by atoms with E-state index >= 15 is 0 Å². The largest absolute Gasteiger partial charge is 0.378 e. The fourth-order valence-electron chi connectivity index (χ4n) is 1.13. The molecule has 0 N–H and O–H groups in total. The van der Waals surface area contributed by atoms with E-state index in [4.69, 9.17) is 4.74 Å². The number of nitro benzene ring substituents is 1. The van der Waals surface area contributed by atoms with Crippen LogP contribution < -0.4 is 0 Å². The van der Waals surface area contributed by atoms with Gasteiger partial charge in [0.05, 0.1) is 17.6 Å². The van der Waals surface area contributed by atoms with Crippen molar-refractivity contribution in [2.45, 2.75) is 31.3 Å². The van der Waals surface area contributed by atoms with E-state index in [1.165, 1.54) is 12.1 Å². The maximum atomic E-state index is 10.5. The van der Waals surface area contributed by atoms with E-state index in [0.717, 1.165) is 23.7 Å². The van der Waals surface area contributed by atoms with Crippen LogP contribution in [0.2, 0.25) is 0 Å². The Hall–Kier alpha value is -0.720. The summed E-state index contributed by atoms with van der Waals surface area (Å²) in [6.45, 7) is 4.90. The van der Waals surface area contributed by atoms with Crippen LogP contribution in [0.4, 0.5) is 5.69 Å². The van der Waals surface area contributed by atoms with Crippen LogP contribution in [0.3, 0.4) is 0 Å². The molecule has 0 aromatic heterocycles. The van der Waals surface area contributed by atoms with E-state index in [1.807, 2.05) is 0 Å². The molecule has 0 aliphatic heterocycles. The van der Waals surface area contributed by atoms with Crippen molar-refractivity contribution in [2.24, 2.45) is 0 Å². The van der Waals surface area contributed by atoms with Crippen LogP contribution in [0.15, 0.2) is 29.2 Å². The molecular weight excluding hydrogens is 270 g/mol. The third-order valence-electron chi connectivity index (χ3n) is 2.35. The van der Waals surface area contributed by atoms with Gasteiger partial charge in [-0.2, -0.15) is 0 Å². The van der Waals surface area contributed by atoms with Gasteiger partial charge in [-0.15, -0.1) is 0 Å².